The van der Waals surface area contributed by atoms with Crippen LogP contribution < -0.4 is 4.74 Å². The van der Waals surface area contributed by atoms with Crippen LogP contribution in [0.1, 0.15) is 11.1 Å². The Labute approximate surface area is 172 Å². The fourth-order valence-electron chi connectivity index (χ4n) is 3.52. The first-order valence-electron chi connectivity index (χ1n) is 8.87. The number of benzene rings is 1. The molecule has 0 saturated carbocycles. The molecule has 7 nitrogen and oxygen atoms in total. The molecule has 2 aromatic rings. The summed E-state index contributed by atoms with van der Waals surface area (Å²) < 4.78 is 6.24. The third-order valence-electron chi connectivity index (χ3n) is 5.11. The van der Waals surface area contributed by atoms with Gasteiger partial charge in [0.15, 0.2) is 0 Å². The fourth-order valence-corrected chi connectivity index (χ4v) is 3.95. The van der Waals surface area contributed by atoms with Crippen molar-refractivity contribution >= 4 is 22.0 Å². The van der Waals surface area contributed by atoms with E-state index in [2.05, 4.69) is 27.0 Å². The maximum absolute atomic E-state index is 11.3. The summed E-state index contributed by atoms with van der Waals surface area (Å²) in [6, 6.07) is 12.1. The van der Waals surface area contributed by atoms with E-state index in [0.29, 0.717) is 38.3 Å². The fraction of sp³-hybridized carbons (Fsp3) is 0.350. The van der Waals surface area contributed by atoms with Crippen LogP contribution in [-0.4, -0.2) is 59.3 Å². The molecule has 1 aliphatic rings. The first-order valence-corrected chi connectivity index (χ1v) is 9.66. The lowest BCUT2D eigenvalue weighted by molar-refractivity contribution is 0.0583. The van der Waals surface area contributed by atoms with Crippen molar-refractivity contribution in [1.82, 2.24) is 14.8 Å². The highest BCUT2D eigenvalue weighted by Crippen LogP contribution is 2.36. The Hall–Kier alpha value is -2.63. The second-order valence-electron chi connectivity index (χ2n) is 6.61. The number of aromatic nitrogens is 1. The molecule has 1 atom stereocenters. The van der Waals surface area contributed by atoms with Gasteiger partial charge in [0, 0.05) is 48.8 Å². The number of hydrogen-bond acceptors (Lipinski definition) is 5. The zero-order chi connectivity index (χ0) is 20.1. The van der Waals surface area contributed by atoms with Crippen LogP contribution in [0.25, 0.3) is 0 Å². The van der Waals surface area contributed by atoms with E-state index in [9.17, 15) is 15.2 Å². The summed E-state index contributed by atoms with van der Waals surface area (Å²) in [5.41, 5.74) is 0.733. The number of piperazine rings is 1. The highest BCUT2D eigenvalue weighted by molar-refractivity contribution is 9.10. The molecule has 0 bridgehead atoms. The first kappa shape index (κ1) is 20.1. The molecule has 1 saturated heterocycles. The Morgan fingerprint density at radius 1 is 1.32 bits per heavy atom. The molecular formula is C20H21BrN4O3. The summed E-state index contributed by atoms with van der Waals surface area (Å²) in [4.78, 5) is 19.0. The van der Waals surface area contributed by atoms with Crippen molar-refractivity contribution in [3.63, 3.8) is 0 Å². The van der Waals surface area contributed by atoms with Gasteiger partial charge in [-0.2, -0.15) is 5.26 Å². The lowest BCUT2D eigenvalue weighted by Gasteiger charge is -2.43. The van der Waals surface area contributed by atoms with Crippen molar-refractivity contribution < 1.29 is 14.6 Å². The summed E-state index contributed by atoms with van der Waals surface area (Å²) in [5.74, 6) is 0.577. The van der Waals surface area contributed by atoms with Crippen LogP contribution in [-0.2, 0) is 12.0 Å². The Morgan fingerprint density at radius 2 is 2.04 bits per heavy atom. The molecule has 1 aliphatic heterocycles. The quantitative estimate of drug-likeness (QED) is 0.761. The summed E-state index contributed by atoms with van der Waals surface area (Å²) >= 11 is 3.58. The van der Waals surface area contributed by atoms with Gasteiger partial charge in [-0.1, -0.05) is 34.1 Å². The van der Waals surface area contributed by atoms with Crippen LogP contribution in [0.15, 0.2) is 47.2 Å². The molecular weight excluding hydrogens is 424 g/mol. The van der Waals surface area contributed by atoms with Gasteiger partial charge in [-0.25, -0.2) is 4.79 Å². The lowest BCUT2D eigenvalue weighted by atomic mass is 9.83. The number of nitriles is 1. The van der Waals surface area contributed by atoms with E-state index in [1.54, 1.807) is 19.5 Å². The predicted octanol–water partition coefficient (Wildman–Crippen LogP) is 3.11. The van der Waals surface area contributed by atoms with Crippen LogP contribution in [0.4, 0.5) is 4.79 Å². The molecule has 8 heteroatoms. The van der Waals surface area contributed by atoms with Crippen LogP contribution in [0.5, 0.6) is 5.75 Å². The highest BCUT2D eigenvalue weighted by atomic mass is 79.9. The van der Waals surface area contributed by atoms with E-state index < -0.39 is 11.6 Å². The molecule has 1 aromatic heterocycles. The minimum atomic E-state index is -0.990. The number of methoxy groups -OCH3 is 1. The number of nitrogens with zero attached hydrogens (tertiary/aromatic N) is 4. The molecule has 0 spiro atoms. The number of carbonyl (C=O) groups is 1. The van der Waals surface area contributed by atoms with Crippen LogP contribution in [0, 0.1) is 11.3 Å². The zero-order valence-electron chi connectivity index (χ0n) is 15.5. The highest BCUT2D eigenvalue weighted by Gasteiger charge is 2.42. The summed E-state index contributed by atoms with van der Waals surface area (Å²) in [7, 11) is 1.56. The minimum absolute atomic E-state index is 0.353. The van der Waals surface area contributed by atoms with Crippen molar-refractivity contribution in [2.24, 2.45) is 0 Å². The summed E-state index contributed by atoms with van der Waals surface area (Å²) in [6.07, 6.45) is 2.79. The van der Waals surface area contributed by atoms with Crippen molar-refractivity contribution in [2.75, 3.05) is 33.3 Å². The number of rotatable bonds is 5. The second kappa shape index (κ2) is 8.59. The van der Waals surface area contributed by atoms with Gasteiger partial charge in [-0.05, 0) is 17.7 Å². The van der Waals surface area contributed by atoms with Gasteiger partial charge in [-0.15, -0.1) is 0 Å². The molecule has 0 aliphatic carbocycles. The average molecular weight is 445 g/mol. The maximum Gasteiger partial charge on any atom is 0.407 e. The van der Waals surface area contributed by atoms with Gasteiger partial charge in [-0.3, -0.25) is 9.88 Å². The number of amides is 1. The third-order valence-corrected chi connectivity index (χ3v) is 5.88. The van der Waals surface area contributed by atoms with E-state index >= 15 is 0 Å². The topological polar surface area (TPSA) is 89.7 Å². The normalized spacial score (nSPS) is 16.8. The molecule has 0 radical (unpaired) electrons. The predicted molar refractivity (Wildman–Crippen MR) is 107 cm³/mol. The standard InChI is InChI=1S/C20H21BrN4O3/c1-28-17-10-16(12-23-13-17)20(14-22,11-15-4-2-3-5-18(15)21)25-8-6-24(7-9-25)19(26)27/h2-5,10,12-13H,6-9,11H2,1H3,(H,26,27). The summed E-state index contributed by atoms with van der Waals surface area (Å²) in [6.45, 7) is 1.63. The van der Waals surface area contributed by atoms with Gasteiger partial charge in [0.25, 0.3) is 0 Å². The molecule has 1 unspecified atom stereocenters. The van der Waals surface area contributed by atoms with E-state index in [1.807, 2.05) is 35.2 Å². The Balaban J connectivity index is 2.03. The molecule has 2 heterocycles. The van der Waals surface area contributed by atoms with Gasteiger partial charge in [0.1, 0.15) is 11.3 Å². The van der Waals surface area contributed by atoms with E-state index in [1.165, 1.54) is 4.90 Å². The van der Waals surface area contributed by atoms with Crippen LogP contribution in [0.2, 0.25) is 0 Å². The average Bonchev–Trinajstić information content (AvgIpc) is 2.73. The largest absolute Gasteiger partial charge is 0.495 e. The van der Waals surface area contributed by atoms with E-state index in [-0.39, 0.29) is 0 Å². The van der Waals surface area contributed by atoms with Crippen molar-refractivity contribution in [2.45, 2.75) is 12.0 Å². The Morgan fingerprint density at radius 3 is 2.64 bits per heavy atom. The number of hydrogen-bond donors (Lipinski definition) is 1. The van der Waals surface area contributed by atoms with Crippen molar-refractivity contribution in [1.29, 1.82) is 5.26 Å². The smallest absolute Gasteiger partial charge is 0.407 e. The maximum atomic E-state index is 11.3. The number of ether oxygens (including phenoxy) is 1. The molecule has 1 fully saturated rings. The van der Waals surface area contributed by atoms with Crippen molar-refractivity contribution in [3.05, 3.63) is 58.3 Å². The van der Waals surface area contributed by atoms with Crippen molar-refractivity contribution in [3.8, 4) is 11.8 Å². The van der Waals surface area contributed by atoms with Crippen LogP contribution in [0.3, 0.4) is 0 Å². The molecule has 28 heavy (non-hydrogen) atoms. The number of carboxylic acid groups (broad SMARTS) is 1. The summed E-state index contributed by atoms with van der Waals surface area (Å²) in [5, 5.41) is 19.6. The van der Waals surface area contributed by atoms with Gasteiger partial charge < -0.3 is 14.7 Å². The molecule has 1 amide bonds. The van der Waals surface area contributed by atoms with Crippen LogP contribution >= 0.6 is 15.9 Å². The minimum Gasteiger partial charge on any atom is -0.495 e. The zero-order valence-corrected chi connectivity index (χ0v) is 17.1. The molecule has 3 rings (SSSR count). The lowest BCUT2D eigenvalue weighted by Crippen LogP contribution is -2.56. The SMILES string of the molecule is COc1cncc(C(C#N)(Cc2ccccc2Br)N2CCN(C(=O)O)CC2)c1. The molecule has 1 N–H and O–H groups in total. The Kier molecular flexibility index (Phi) is 6.17. The molecule has 1 aromatic carbocycles. The van der Waals surface area contributed by atoms with E-state index in [4.69, 9.17) is 4.74 Å². The molecule has 146 valence electrons. The monoisotopic (exact) mass is 444 g/mol. The van der Waals surface area contributed by atoms with Gasteiger partial charge in [0.05, 0.1) is 19.4 Å². The van der Waals surface area contributed by atoms with Gasteiger partial charge >= 0.3 is 6.09 Å². The Bertz CT molecular complexity index is 893. The third kappa shape index (κ3) is 3.96. The second-order valence-corrected chi connectivity index (χ2v) is 7.46. The number of halogens is 1. The number of pyridine rings is 1. The van der Waals surface area contributed by atoms with Gasteiger partial charge in [0.2, 0.25) is 0 Å². The van der Waals surface area contributed by atoms with E-state index in [0.717, 1.165) is 15.6 Å². The first-order chi connectivity index (χ1) is 13.5.